The first-order valence-electron chi connectivity index (χ1n) is 13.5. The third-order valence-corrected chi connectivity index (χ3v) is 6.64. The molecule has 8 nitrogen and oxygen atoms in total. The van der Waals surface area contributed by atoms with Gasteiger partial charge in [0.1, 0.15) is 23.9 Å². The van der Waals surface area contributed by atoms with Gasteiger partial charge >= 0.3 is 0 Å². The zero-order valence-electron chi connectivity index (χ0n) is 23.2. The highest BCUT2D eigenvalue weighted by Gasteiger charge is 2.27. The molecule has 0 aromatic heterocycles. The molecule has 2 aromatic rings. The van der Waals surface area contributed by atoms with Crippen molar-refractivity contribution in [3.05, 3.63) is 54.1 Å². The minimum Gasteiger partial charge on any atom is -0.497 e. The monoisotopic (exact) mass is 526 g/mol. The molecule has 0 aliphatic carbocycles. The molecule has 208 valence electrons. The predicted octanol–water partition coefficient (Wildman–Crippen LogP) is 4.67. The molecule has 1 aliphatic rings. The standard InChI is InChI=1S/C30H42N2O6/c1-23(2)19-24-21-38-28-14-7-6-13-27(28)30(34)31(17-18-35-3)15-8-5-9-16-32(24)29(33)22-37-26-12-10-11-25(20-26)36-4/h6-7,10-14,20,23-24H,5,8-9,15-19,21-22H2,1-4H3/t24-/m0/s1. The molecular weight excluding hydrogens is 484 g/mol. The number of ether oxygens (including phenoxy) is 4. The highest BCUT2D eigenvalue weighted by atomic mass is 16.5. The van der Waals surface area contributed by atoms with Gasteiger partial charge in [-0.3, -0.25) is 9.59 Å². The van der Waals surface area contributed by atoms with E-state index in [2.05, 4.69) is 13.8 Å². The summed E-state index contributed by atoms with van der Waals surface area (Å²) in [6.45, 7) is 6.73. The fourth-order valence-electron chi connectivity index (χ4n) is 4.66. The summed E-state index contributed by atoms with van der Waals surface area (Å²) >= 11 is 0. The van der Waals surface area contributed by atoms with Crippen LogP contribution in [0.2, 0.25) is 0 Å². The maximum Gasteiger partial charge on any atom is 0.260 e. The SMILES string of the molecule is COCCN1CCCCCN(C(=O)COc2cccc(OC)c2)[C@@H](CC(C)C)COc2ccccc2C1=O. The van der Waals surface area contributed by atoms with E-state index in [0.29, 0.717) is 61.6 Å². The van der Waals surface area contributed by atoms with Gasteiger partial charge in [-0.15, -0.1) is 0 Å². The summed E-state index contributed by atoms with van der Waals surface area (Å²) in [5.41, 5.74) is 0.533. The first kappa shape index (κ1) is 29.3. The van der Waals surface area contributed by atoms with E-state index in [4.69, 9.17) is 18.9 Å². The predicted molar refractivity (Wildman–Crippen MR) is 147 cm³/mol. The van der Waals surface area contributed by atoms with Gasteiger partial charge in [0.2, 0.25) is 0 Å². The van der Waals surface area contributed by atoms with Gasteiger partial charge < -0.3 is 28.7 Å². The van der Waals surface area contributed by atoms with Gasteiger partial charge in [0.05, 0.1) is 25.3 Å². The quantitative estimate of drug-likeness (QED) is 0.473. The second-order valence-corrected chi connectivity index (χ2v) is 9.99. The van der Waals surface area contributed by atoms with Gasteiger partial charge in [0.15, 0.2) is 6.61 Å². The van der Waals surface area contributed by atoms with Crippen LogP contribution in [0.25, 0.3) is 0 Å². The summed E-state index contributed by atoms with van der Waals surface area (Å²) in [5.74, 6) is 2.02. The Kier molecular flexibility index (Phi) is 11.7. The van der Waals surface area contributed by atoms with Crippen LogP contribution in [0.3, 0.4) is 0 Å². The third kappa shape index (κ3) is 8.65. The minimum absolute atomic E-state index is 0.0584. The Labute approximate surface area is 226 Å². The van der Waals surface area contributed by atoms with Gasteiger partial charge in [-0.2, -0.15) is 0 Å². The third-order valence-electron chi connectivity index (χ3n) is 6.64. The number of hydrogen-bond acceptors (Lipinski definition) is 6. The van der Waals surface area contributed by atoms with Crippen molar-refractivity contribution < 1.29 is 28.5 Å². The number of para-hydroxylation sites is 1. The first-order chi connectivity index (χ1) is 18.4. The molecule has 3 rings (SSSR count). The van der Waals surface area contributed by atoms with E-state index in [1.165, 1.54) is 0 Å². The number of nitrogens with zero attached hydrogens (tertiary/aromatic N) is 2. The Morgan fingerprint density at radius 2 is 1.79 bits per heavy atom. The Morgan fingerprint density at radius 3 is 2.55 bits per heavy atom. The van der Waals surface area contributed by atoms with E-state index >= 15 is 0 Å². The molecule has 1 atom stereocenters. The van der Waals surface area contributed by atoms with Crippen LogP contribution in [0.1, 0.15) is 49.9 Å². The van der Waals surface area contributed by atoms with Crippen LogP contribution in [0, 0.1) is 5.92 Å². The number of fused-ring (bicyclic) bond motifs is 1. The fourth-order valence-corrected chi connectivity index (χ4v) is 4.66. The maximum absolute atomic E-state index is 13.5. The zero-order valence-corrected chi connectivity index (χ0v) is 23.2. The Bertz CT molecular complexity index is 1030. The van der Waals surface area contributed by atoms with Gasteiger partial charge in [-0.05, 0) is 55.9 Å². The molecule has 0 fully saturated rings. The average Bonchev–Trinajstić information content (AvgIpc) is 2.93. The molecule has 1 aliphatic heterocycles. The van der Waals surface area contributed by atoms with Crippen LogP contribution < -0.4 is 14.2 Å². The zero-order chi connectivity index (χ0) is 27.3. The molecule has 0 N–H and O–H groups in total. The van der Waals surface area contributed by atoms with Gasteiger partial charge in [0, 0.05) is 32.8 Å². The van der Waals surface area contributed by atoms with Crippen molar-refractivity contribution in [1.29, 1.82) is 0 Å². The largest absolute Gasteiger partial charge is 0.497 e. The average molecular weight is 527 g/mol. The van der Waals surface area contributed by atoms with Crippen molar-refractivity contribution in [2.45, 2.75) is 45.6 Å². The summed E-state index contributed by atoms with van der Waals surface area (Å²) in [6.07, 6.45) is 3.35. The molecular formula is C30H42N2O6. The number of rotatable bonds is 9. The number of amides is 2. The summed E-state index contributed by atoms with van der Waals surface area (Å²) in [7, 11) is 3.24. The summed E-state index contributed by atoms with van der Waals surface area (Å²) in [4.78, 5) is 30.7. The lowest BCUT2D eigenvalue weighted by Gasteiger charge is -2.33. The van der Waals surface area contributed by atoms with Crippen molar-refractivity contribution in [1.82, 2.24) is 9.80 Å². The van der Waals surface area contributed by atoms with Crippen molar-refractivity contribution >= 4 is 11.8 Å². The van der Waals surface area contributed by atoms with Crippen LogP contribution in [-0.4, -0.2) is 81.3 Å². The second-order valence-electron chi connectivity index (χ2n) is 9.99. The number of hydrogen-bond donors (Lipinski definition) is 0. The lowest BCUT2D eigenvalue weighted by molar-refractivity contribution is -0.137. The fraction of sp³-hybridized carbons (Fsp3) is 0.533. The number of carbonyl (C=O) groups is 2. The van der Waals surface area contributed by atoms with Crippen molar-refractivity contribution in [3.8, 4) is 17.2 Å². The number of carbonyl (C=O) groups excluding carboxylic acids is 2. The Hall–Kier alpha value is -3.26. The minimum atomic E-state index is -0.148. The first-order valence-corrected chi connectivity index (χ1v) is 13.5. The van der Waals surface area contributed by atoms with Gasteiger partial charge in [-0.25, -0.2) is 0 Å². The molecule has 0 unspecified atom stereocenters. The topological polar surface area (TPSA) is 77.5 Å². The van der Waals surface area contributed by atoms with Crippen LogP contribution in [0.15, 0.2) is 48.5 Å². The molecule has 0 radical (unpaired) electrons. The molecule has 38 heavy (non-hydrogen) atoms. The highest BCUT2D eigenvalue weighted by molar-refractivity contribution is 5.97. The van der Waals surface area contributed by atoms with Crippen molar-refractivity contribution in [2.75, 3.05) is 53.7 Å². The van der Waals surface area contributed by atoms with Gasteiger partial charge in [-0.1, -0.05) is 32.0 Å². The normalized spacial score (nSPS) is 17.1. The number of benzene rings is 2. The number of methoxy groups -OCH3 is 2. The molecule has 1 heterocycles. The van der Waals surface area contributed by atoms with E-state index in [9.17, 15) is 9.59 Å². The summed E-state index contributed by atoms with van der Waals surface area (Å²) in [5, 5.41) is 0. The maximum atomic E-state index is 13.5. The van der Waals surface area contributed by atoms with E-state index < -0.39 is 0 Å². The molecule has 8 heteroatoms. The molecule has 0 saturated heterocycles. The molecule has 0 bridgehead atoms. The lowest BCUT2D eigenvalue weighted by atomic mass is 10.0. The Balaban J connectivity index is 1.82. The van der Waals surface area contributed by atoms with Crippen LogP contribution in [0.4, 0.5) is 0 Å². The highest BCUT2D eigenvalue weighted by Crippen LogP contribution is 2.24. The van der Waals surface area contributed by atoms with E-state index in [1.54, 1.807) is 26.4 Å². The molecule has 0 saturated carbocycles. The van der Waals surface area contributed by atoms with E-state index in [0.717, 1.165) is 25.7 Å². The van der Waals surface area contributed by atoms with Crippen molar-refractivity contribution in [3.63, 3.8) is 0 Å². The van der Waals surface area contributed by atoms with E-state index in [-0.39, 0.29) is 24.5 Å². The van der Waals surface area contributed by atoms with Crippen LogP contribution in [-0.2, 0) is 9.53 Å². The second kappa shape index (κ2) is 15.2. The van der Waals surface area contributed by atoms with E-state index in [1.807, 2.05) is 46.2 Å². The summed E-state index contributed by atoms with van der Waals surface area (Å²) < 4.78 is 22.6. The summed E-state index contributed by atoms with van der Waals surface area (Å²) in [6, 6.07) is 14.5. The lowest BCUT2D eigenvalue weighted by Crippen LogP contribution is -2.47. The molecule has 2 aromatic carbocycles. The van der Waals surface area contributed by atoms with Crippen molar-refractivity contribution in [2.24, 2.45) is 5.92 Å². The Morgan fingerprint density at radius 1 is 1.03 bits per heavy atom. The smallest absolute Gasteiger partial charge is 0.260 e. The van der Waals surface area contributed by atoms with Gasteiger partial charge in [0.25, 0.3) is 11.8 Å². The van der Waals surface area contributed by atoms with Crippen LogP contribution in [0.5, 0.6) is 17.2 Å². The molecule has 2 amide bonds. The van der Waals surface area contributed by atoms with Crippen LogP contribution >= 0.6 is 0 Å². The molecule has 0 spiro atoms.